The van der Waals surface area contributed by atoms with Gasteiger partial charge in [0.05, 0.1) is 5.88 Å². The number of carbonyl (C=O) groups excluding carboxylic acids is 2. The highest BCUT2D eigenvalue weighted by Crippen LogP contribution is 2.22. The minimum atomic E-state index is -0.303. The summed E-state index contributed by atoms with van der Waals surface area (Å²) < 4.78 is 0. The van der Waals surface area contributed by atoms with Crippen LogP contribution in [-0.2, 0) is 9.59 Å². The SMILES string of the molecule is CCCCC(=O)N1CSCC1C(=O)NCCC(C)N.Cl. The van der Waals surface area contributed by atoms with Gasteiger partial charge in [-0.15, -0.1) is 24.2 Å². The number of nitrogens with one attached hydrogen (secondary N) is 1. The van der Waals surface area contributed by atoms with Crippen molar-refractivity contribution in [2.45, 2.75) is 51.6 Å². The Hall–Kier alpha value is -0.460. The van der Waals surface area contributed by atoms with Crippen LogP contribution < -0.4 is 11.1 Å². The Balaban J connectivity index is 0.00000361. The Morgan fingerprint density at radius 2 is 2.20 bits per heavy atom. The summed E-state index contributed by atoms with van der Waals surface area (Å²) >= 11 is 1.64. The fraction of sp³-hybridized carbons (Fsp3) is 0.846. The van der Waals surface area contributed by atoms with Crippen LogP contribution in [0.2, 0.25) is 0 Å². The molecule has 1 saturated heterocycles. The molecule has 3 N–H and O–H groups in total. The van der Waals surface area contributed by atoms with Crippen molar-refractivity contribution in [3.8, 4) is 0 Å². The maximum absolute atomic E-state index is 12.1. The fourth-order valence-electron chi connectivity index (χ4n) is 1.92. The molecule has 0 spiro atoms. The van der Waals surface area contributed by atoms with Crippen LogP contribution in [0.5, 0.6) is 0 Å². The van der Waals surface area contributed by atoms with Crippen LogP contribution in [0.3, 0.4) is 0 Å². The van der Waals surface area contributed by atoms with Crippen molar-refractivity contribution in [2.24, 2.45) is 5.73 Å². The van der Waals surface area contributed by atoms with E-state index in [-0.39, 0.29) is 36.3 Å². The molecule has 0 bridgehead atoms. The van der Waals surface area contributed by atoms with Crippen LogP contribution in [0, 0.1) is 0 Å². The number of nitrogens with zero attached hydrogens (tertiary/aromatic N) is 1. The van der Waals surface area contributed by atoms with Crippen molar-refractivity contribution in [1.29, 1.82) is 0 Å². The van der Waals surface area contributed by atoms with E-state index in [1.54, 1.807) is 16.7 Å². The van der Waals surface area contributed by atoms with Crippen LogP contribution in [-0.4, -0.2) is 47.0 Å². The third kappa shape index (κ3) is 6.33. The van der Waals surface area contributed by atoms with Crippen molar-refractivity contribution in [2.75, 3.05) is 18.2 Å². The van der Waals surface area contributed by atoms with Gasteiger partial charge in [0.2, 0.25) is 11.8 Å². The van der Waals surface area contributed by atoms with E-state index < -0.39 is 0 Å². The van der Waals surface area contributed by atoms with Crippen molar-refractivity contribution < 1.29 is 9.59 Å². The third-order valence-corrected chi connectivity index (χ3v) is 4.16. The Kier molecular flexibility index (Phi) is 10.1. The van der Waals surface area contributed by atoms with Gasteiger partial charge in [-0.25, -0.2) is 0 Å². The molecule has 0 aromatic carbocycles. The van der Waals surface area contributed by atoms with E-state index in [1.807, 2.05) is 6.92 Å². The largest absolute Gasteiger partial charge is 0.354 e. The molecule has 20 heavy (non-hydrogen) atoms. The normalized spacial score (nSPS) is 19.4. The predicted molar refractivity (Wildman–Crippen MR) is 86.0 cm³/mol. The summed E-state index contributed by atoms with van der Waals surface area (Å²) in [6.45, 7) is 4.55. The van der Waals surface area contributed by atoms with Gasteiger partial charge in [0.25, 0.3) is 0 Å². The number of halogens is 1. The van der Waals surface area contributed by atoms with Crippen LogP contribution in [0.4, 0.5) is 0 Å². The lowest BCUT2D eigenvalue weighted by atomic mass is 10.2. The molecule has 1 fully saturated rings. The van der Waals surface area contributed by atoms with E-state index in [1.165, 1.54) is 0 Å². The summed E-state index contributed by atoms with van der Waals surface area (Å²) in [7, 11) is 0. The number of thioether (sulfide) groups is 1. The first kappa shape index (κ1) is 19.5. The number of unbranched alkanes of at least 4 members (excludes halogenated alkanes) is 1. The van der Waals surface area contributed by atoms with Crippen molar-refractivity contribution in [3.63, 3.8) is 0 Å². The lowest BCUT2D eigenvalue weighted by molar-refractivity contribution is -0.138. The number of rotatable bonds is 7. The summed E-state index contributed by atoms with van der Waals surface area (Å²) in [5, 5.41) is 2.87. The molecule has 118 valence electrons. The fourth-order valence-corrected chi connectivity index (χ4v) is 3.10. The Morgan fingerprint density at radius 1 is 1.50 bits per heavy atom. The molecular formula is C13H26ClN3O2S. The third-order valence-electron chi connectivity index (χ3n) is 3.15. The van der Waals surface area contributed by atoms with Crippen molar-refractivity contribution in [3.05, 3.63) is 0 Å². The summed E-state index contributed by atoms with van der Waals surface area (Å²) in [5.74, 6) is 1.38. The predicted octanol–water partition coefficient (Wildman–Crippen LogP) is 1.35. The summed E-state index contributed by atoms with van der Waals surface area (Å²) in [6.07, 6.45) is 3.19. The number of amides is 2. The van der Waals surface area contributed by atoms with Gasteiger partial charge in [0.1, 0.15) is 6.04 Å². The topological polar surface area (TPSA) is 75.4 Å². The first-order valence-electron chi connectivity index (χ1n) is 6.96. The molecule has 7 heteroatoms. The van der Waals surface area contributed by atoms with Crippen molar-refractivity contribution in [1.82, 2.24) is 10.2 Å². The molecule has 2 amide bonds. The van der Waals surface area contributed by atoms with E-state index in [0.29, 0.717) is 24.6 Å². The molecule has 1 aliphatic heterocycles. The highest BCUT2D eigenvalue weighted by molar-refractivity contribution is 7.99. The van der Waals surface area contributed by atoms with E-state index in [2.05, 4.69) is 12.2 Å². The van der Waals surface area contributed by atoms with E-state index in [9.17, 15) is 9.59 Å². The number of carbonyl (C=O) groups is 2. The van der Waals surface area contributed by atoms with Crippen LogP contribution in [0.25, 0.3) is 0 Å². The summed E-state index contributed by atoms with van der Waals surface area (Å²) in [4.78, 5) is 25.8. The molecule has 0 radical (unpaired) electrons. The second-order valence-corrected chi connectivity index (χ2v) is 6.04. The highest BCUT2D eigenvalue weighted by Gasteiger charge is 2.33. The van der Waals surface area contributed by atoms with Crippen molar-refractivity contribution >= 4 is 36.0 Å². The lowest BCUT2D eigenvalue weighted by Gasteiger charge is -2.23. The standard InChI is InChI=1S/C13H25N3O2S.ClH/c1-3-4-5-12(17)16-9-19-8-11(16)13(18)15-7-6-10(2)14;/h10-11H,3-9,14H2,1-2H3,(H,15,18);1H. The van der Waals surface area contributed by atoms with E-state index in [0.717, 1.165) is 19.3 Å². The summed E-state index contributed by atoms with van der Waals surface area (Å²) in [6, 6.07) is -0.219. The molecule has 0 aliphatic carbocycles. The Labute approximate surface area is 131 Å². The minimum absolute atomic E-state index is 0. The molecule has 1 heterocycles. The van der Waals surface area contributed by atoms with E-state index >= 15 is 0 Å². The lowest BCUT2D eigenvalue weighted by Crippen LogP contribution is -2.47. The van der Waals surface area contributed by atoms with Gasteiger partial charge in [-0.1, -0.05) is 13.3 Å². The number of hydrogen-bond donors (Lipinski definition) is 2. The van der Waals surface area contributed by atoms with E-state index in [4.69, 9.17) is 5.73 Å². The molecule has 0 aromatic rings. The smallest absolute Gasteiger partial charge is 0.243 e. The number of nitrogens with two attached hydrogens (primary N) is 1. The quantitative estimate of drug-likeness (QED) is 0.741. The van der Waals surface area contributed by atoms with Crippen LogP contribution in [0.1, 0.15) is 39.5 Å². The zero-order valence-corrected chi connectivity index (χ0v) is 13.9. The molecule has 1 rings (SSSR count). The van der Waals surface area contributed by atoms with Gasteiger partial charge in [-0.3, -0.25) is 9.59 Å². The van der Waals surface area contributed by atoms with Gasteiger partial charge in [-0.05, 0) is 19.8 Å². The van der Waals surface area contributed by atoms with Gasteiger partial charge >= 0.3 is 0 Å². The summed E-state index contributed by atoms with van der Waals surface area (Å²) in [5.41, 5.74) is 5.64. The average Bonchev–Trinajstić information content (AvgIpc) is 2.84. The zero-order valence-electron chi connectivity index (χ0n) is 12.3. The second kappa shape index (κ2) is 10.3. The van der Waals surface area contributed by atoms with Gasteiger partial charge in [0.15, 0.2) is 0 Å². The minimum Gasteiger partial charge on any atom is -0.354 e. The number of hydrogen-bond acceptors (Lipinski definition) is 4. The zero-order chi connectivity index (χ0) is 14.3. The Bertz CT molecular complexity index is 316. The second-order valence-electron chi connectivity index (χ2n) is 5.04. The van der Waals surface area contributed by atoms with Crippen LogP contribution >= 0.6 is 24.2 Å². The maximum Gasteiger partial charge on any atom is 0.243 e. The maximum atomic E-state index is 12.1. The Morgan fingerprint density at radius 3 is 2.80 bits per heavy atom. The molecule has 0 aromatic heterocycles. The monoisotopic (exact) mass is 323 g/mol. The van der Waals surface area contributed by atoms with Gasteiger partial charge in [0, 0.05) is 24.8 Å². The van der Waals surface area contributed by atoms with Gasteiger partial charge < -0.3 is 16.0 Å². The molecular weight excluding hydrogens is 298 g/mol. The molecule has 0 saturated carbocycles. The first-order chi connectivity index (χ1) is 9.06. The molecule has 2 unspecified atom stereocenters. The first-order valence-corrected chi connectivity index (χ1v) is 8.12. The average molecular weight is 324 g/mol. The van der Waals surface area contributed by atoms with Crippen LogP contribution in [0.15, 0.2) is 0 Å². The molecule has 5 nitrogen and oxygen atoms in total. The van der Waals surface area contributed by atoms with Gasteiger partial charge in [-0.2, -0.15) is 0 Å². The highest BCUT2D eigenvalue weighted by atomic mass is 35.5. The molecule has 1 aliphatic rings. The molecule has 2 atom stereocenters.